The molecule has 6 heteroatoms. The van der Waals surface area contributed by atoms with Crippen LogP contribution < -0.4 is 19.5 Å². The van der Waals surface area contributed by atoms with E-state index in [0.29, 0.717) is 29.4 Å². The Morgan fingerprint density at radius 2 is 1.55 bits per heavy atom. The average Bonchev–Trinajstić information content (AvgIpc) is 2.82. The molecule has 0 aliphatic carbocycles. The monoisotopic (exact) mass is 416 g/mol. The Morgan fingerprint density at radius 1 is 0.935 bits per heavy atom. The first-order valence-electron chi connectivity index (χ1n) is 9.80. The number of rotatable bonds is 8. The molecule has 31 heavy (non-hydrogen) atoms. The summed E-state index contributed by atoms with van der Waals surface area (Å²) in [7, 11) is 3.15. The number of ether oxygens (including phenoxy) is 3. The number of carbonyl (C=O) groups excluding carboxylic acids is 1. The first-order valence-corrected chi connectivity index (χ1v) is 9.80. The third-order valence-electron chi connectivity index (χ3n) is 4.80. The van der Waals surface area contributed by atoms with Crippen molar-refractivity contribution in [1.29, 1.82) is 5.26 Å². The number of amides is 1. The highest BCUT2D eigenvalue weighted by Crippen LogP contribution is 2.27. The Balaban J connectivity index is 1.56. The molecule has 3 aromatic carbocycles. The van der Waals surface area contributed by atoms with Gasteiger partial charge in [-0.25, -0.2) is 0 Å². The van der Waals surface area contributed by atoms with E-state index < -0.39 is 6.10 Å². The highest BCUT2D eigenvalue weighted by atomic mass is 16.5. The SMILES string of the molecule is COc1ccc(CNC(=O)C(C)Oc2ccc(-c3ccc(C#N)cc3)cc2)cc1OC. The summed E-state index contributed by atoms with van der Waals surface area (Å²) in [5.74, 6) is 1.64. The molecular weight excluding hydrogens is 392 g/mol. The number of nitriles is 1. The zero-order chi connectivity index (χ0) is 22.2. The fourth-order valence-electron chi connectivity index (χ4n) is 3.04. The zero-order valence-electron chi connectivity index (χ0n) is 17.7. The smallest absolute Gasteiger partial charge is 0.261 e. The van der Waals surface area contributed by atoms with E-state index in [4.69, 9.17) is 19.5 Å². The second-order valence-electron chi connectivity index (χ2n) is 6.88. The number of nitrogens with one attached hydrogen (secondary N) is 1. The van der Waals surface area contributed by atoms with E-state index in [9.17, 15) is 4.79 Å². The molecule has 0 aliphatic rings. The maximum atomic E-state index is 12.4. The molecule has 0 heterocycles. The van der Waals surface area contributed by atoms with Crippen molar-refractivity contribution in [2.45, 2.75) is 19.6 Å². The standard InChI is InChI=1S/C25H24N2O4/c1-17(25(28)27-16-19-6-13-23(29-2)24(14-19)30-3)31-22-11-9-21(10-12-22)20-7-4-18(15-26)5-8-20/h4-14,17H,16H2,1-3H3,(H,27,28). The first kappa shape index (κ1) is 21.7. The summed E-state index contributed by atoms with van der Waals surface area (Å²) in [4.78, 5) is 12.4. The Morgan fingerprint density at radius 3 is 2.13 bits per heavy atom. The van der Waals surface area contributed by atoms with Crippen LogP contribution in [0.15, 0.2) is 66.7 Å². The second-order valence-corrected chi connectivity index (χ2v) is 6.88. The molecule has 0 saturated carbocycles. The van der Waals surface area contributed by atoms with Crippen LogP contribution in [0.1, 0.15) is 18.1 Å². The van der Waals surface area contributed by atoms with Crippen molar-refractivity contribution in [1.82, 2.24) is 5.32 Å². The highest BCUT2D eigenvalue weighted by molar-refractivity contribution is 5.80. The van der Waals surface area contributed by atoms with Crippen LogP contribution >= 0.6 is 0 Å². The normalized spacial score (nSPS) is 11.2. The molecule has 0 bridgehead atoms. The molecule has 1 unspecified atom stereocenters. The lowest BCUT2D eigenvalue weighted by molar-refractivity contribution is -0.127. The van der Waals surface area contributed by atoms with E-state index in [1.807, 2.05) is 48.5 Å². The summed E-state index contributed by atoms with van der Waals surface area (Å²) >= 11 is 0. The molecule has 0 spiro atoms. The first-order chi connectivity index (χ1) is 15.0. The van der Waals surface area contributed by atoms with Crippen molar-refractivity contribution in [3.8, 4) is 34.4 Å². The Hall–Kier alpha value is -3.98. The molecule has 1 N–H and O–H groups in total. The Kier molecular flexibility index (Phi) is 7.13. The summed E-state index contributed by atoms with van der Waals surface area (Å²) in [6, 6.07) is 22.5. The van der Waals surface area contributed by atoms with Crippen LogP contribution in [0.3, 0.4) is 0 Å². The van der Waals surface area contributed by atoms with Crippen molar-refractivity contribution in [2.24, 2.45) is 0 Å². The maximum Gasteiger partial charge on any atom is 0.261 e. The molecule has 158 valence electrons. The molecule has 6 nitrogen and oxygen atoms in total. The van der Waals surface area contributed by atoms with Gasteiger partial charge in [0.2, 0.25) is 0 Å². The van der Waals surface area contributed by atoms with Gasteiger partial charge >= 0.3 is 0 Å². The molecule has 0 fully saturated rings. The van der Waals surface area contributed by atoms with Crippen molar-refractivity contribution >= 4 is 5.91 Å². The zero-order valence-corrected chi connectivity index (χ0v) is 17.7. The van der Waals surface area contributed by atoms with Gasteiger partial charge in [0.25, 0.3) is 5.91 Å². The van der Waals surface area contributed by atoms with Crippen LogP contribution in [0.4, 0.5) is 0 Å². The van der Waals surface area contributed by atoms with Gasteiger partial charge in [0.05, 0.1) is 25.9 Å². The predicted molar refractivity (Wildman–Crippen MR) is 118 cm³/mol. The number of nitrogens with zero attached hydrogens (tertiary/aromatic N) is 1. The van der Waals surface area contributed by atoms with Crippen LogP contribution in [-0.4, -0.2) is 26.2 Å². The van der Waals surface area contributed by atoms with E-state index in [2.05, 4.69) is 11.4 Å². The number of hydrogen-bond donors (Lipinski definition) is 1. The van der Waals surface area contributed by atoms with Crippen molar-refractivity contribution in [3.05, 3.63) is 77.9 Å². The minimum absolute atomic E-state index is 0.217. The second kappa shape index (κ2) is 10.2. The molecule has 1 amide bonds. The predicted octanol–water partition coefficient (Wildman–Crippen LogP) is 4.33. The van der Waals surface area contributed by atoms with Crippen LogP contribution in [0.25, 0.3) is 11.1 Å². The molecule has 0 aromatic heterocycles. The number of carbonyl (C=O) groups is 1. The molecule has 3 rings (SSSR count). The van der Waals surface area contributed by atoms with E-state index >= 15 is 0 Å². The largest absolute Gasteiger partial charge is 0.493 e. The van der Waals surface area contributed by atoms with Crippen LogP contribution in [-0.2, 0) is 11.3 Å². The van der Waals surface area contributed by atoms with E-state index in [1.54, 1.807) is 39.3 Å². The lowest BCUT2D eigenvalue weighted by atomic mass is 10.0. The van der Waals surface area contributed by atoms with Gasteiger partial charge in [0.1, 0.15) is 5.75 Å². The van der Waals surface area contributed by atoms with Gasteiger partial charge in [0, 0.05) is 6.54 Å². The topological polar surface area (TPSA) is 80.6 Å². The van der Waals surface area contributed by atoms with Crippen molar-refractivity contribution < 1.29 is 19.0 Å². The van der Waals surface area contributed by atoms with Gasteiger partial charge in [-0.3, -0.25) is 4.79 Å². The molecule has 0 radical (unpaired) electrons. The van der Waals surface area contributed by atoms with Crippen molar-refractivity contribution in [3.63, 3.8) is 0 Å². The summed E-state index contributed by atoms with van der Waals surface area (Å²) in [5, 5.41) is 11.8. The number of methoxy groups -OCH3 is 2. The maximum absolute atomic E-state index is 12.4. The van der Waals surface area contributed by atoms with Gasteiger partial charge < -0.3 is 19.5 Å². The minimum atomic E-state index is -0.652. The van der Waals surface area contributed by atoms with Gasteiger partial charge in [-0.05, 0) is 60.0 Å². The number of benzene rings is 3. The van der Waals surface area contributed by atoms with E-state index in [1.165, 1.54) is 0 Å². The average molecular weight is 416 g/mol. The summed E-state index contributed by atoms with van der Waals surface area (Å²) in [5.41, 5.74) is 3.52. The number of hydrogen-bond acceptors (Lipinski definition) is 5. The fourth-order valence-corrected chi connectivity index (χ4v) is 3.04. The molecular formula is C25H24N2O4. The van der Waals surface area contributed by atoms with E-state index in [-0.39, 0.29) is 5.91 Å². The Labute approximate surface area is 182 Å². The molecule has 1 atom stereocenters. The quantitative estimate of drug-likeness (QED) is 0.591. The lowest BCUT2D eigenvalue weighted by Crippen LogP contribution is -2.35. The van der Waals surface area contributed by atoms with E-state index in [0.717, 1.165) is 16.7 Å². The summed E-state index contributed by atoms with van der Waals surface area (Å²) in [6.45, 7) is 2.06. The lowest BCUT2D eigenvalue weighted by Gasteiger charge is -2.16. The van der Waals surface area contributed by atoms with Crippen LogP contribution in [0.5, 0.6) is 17.2 Å². The molecule has 3 aromatic rings. The van der Waals surface area contributed by atoms with Gasteiger partial charge in [-0.1, -0.05) is 30.3 Å². The Bertz CT molecular complexity index is 1070. The van der Waals surface area contributed by atoms with Gasteiger partial charge in [-0.15, -0.1) is 0 Å². The summed E-state index contributed by atoms with van der Waals surface area (Å²) < 4.78 is 16.3. The van der Waals surface area contributed by atoms with Gasteiger partial charge in [-0.2, -0.15) is 5.26 Å². The highest BCUT2D eigenvalue weighted by Gasteiger charge is 2.15. The van der Waals surface area contributed by atoms with Gasteiger partial charge in [0.15, 0.2) is 17.6 Å². The minimum Gasteiger partial charge on any atom is -0.493 e. The van der Waals surface area contributed by atoms with Crippen molar-refractivity contribution in [2.75, 3.05) is 14.2 Å². The third-order valence-corrected chi connectivity index (χ3v) is 4.80. The summed E-state index contributed by atoms with van der Waals surface area (Å²) in [6.07, 6.45) is -0.652. The van der Waals surface area contributed by atoms with Crippen LogP contribution in [0.2, 0.25) is 0 Å². The van der Waals surface area contributed by atoms with Crippen LogP contribution in [0, 0.1) is 11.3 Å². The third kappa shape index (κ3) is 5.55. The molecule has 0 aliphatic heterocycles. The fraction of sp³-hybridized carbons (Fsp3) is 0.200. The molecule has 0 saturated heterocycles.